The van der Waals surface area contributed by atoms with E-state index in [-0.39, 0.29) is 36.6 Å². The maximum atomic E-state index is 9.99. The largest absolute Gasteiger partial charge is 0.388 e. The second kappa shape index (κ2) is 7.35. The third kappa shape index (κ3) is 3.94. The van der Waals surface area contributed by atoms with E-state index in [2.05, 4.69) is 0 Å². The van der Waals surface area contributed by atoms with Crippen LogP contribution in [0.3, 0.4) is 0 Å². The van der Waals surface area contributed by atoms with Crippen molar-refractivity contribution in [2.24, 2.45) is 0 Å². The lowest BCUT2D eigenvalue weighted by atomic mass is 9.98. The van der Waals surface area contributed by atoms with Crippen LogP contribution in [0, 0.1) is 0 Å². The van der Waals surface area contributed by atoms with E-state index in [0.29, 0.717) is 6.42 Å². The summed E-state index contributed by atoms with van der Waals surface area (Å²) in [6.45, 7) is 5.85. The molecule has 2 rings (SSSR count). The Kier molecular flexibility index (Phi) is 5.99. The summed E-state index contributed by atoms with van der Waals surface area (Å²) >= 11 is 0. The van der Waals surface area contributed by atoms with Crippen LogP contribution < -0.4 is 0 Å². The molecular weight excluding hydrogens is 276 g/mol. The molecule has 0 aromatic rings. The third-order valence-corrected chi connectivity index (χ3v) is 4.41. The zero-order chi connectivity index (χ0) is 15.6. The summed E-state index contributed by atoms with van der Waals surface area (Å²) in [5.41, 5.74) is 0. The van der Waals surface area contributed by atoms with Crippen LogP contribution in [0.25, 0.3) is 0 Å². The first-order valence-electron chi connectivity index (χ1n) is 7.66. The Hall–Kier alpha value is -0.240. The van der Waals surface area contributed by atoms with E-state index >= 15 is 0 Å². The van der Waals surface area contributed by atoms with E-state index in [0.717, 1.165) is 6.42 Å². The minimum absolute atomic E-state index is 0.0181. The quantitative estimate of drug-likeness (QED) is 0.839. The smallest absolute Gasteiger partial charge is 0.161 e. The minimum atomic E-state index is -0.631. The molecule has 0 aromatic heterocycles. The van der Waals surface area contributed by atoms with Crippen molar-refractivity contribution in [2.75, 3.05) is 14.2 Å². The van der Waals surface area contributed by atoms with Gasteiger partial charge >= 0.3 is 0 Å². The second-order valence-electron chi connectivity index (χ2n) is 6.03. The number of aliphatic hydroxyl groups excluding tert-OH is 1. The van der Waals surface area contributed by atoms with Crippen LogP contribution in [0.1, 0.15) is 33.6 Å². The summed E-state index contributed by atoms with van der Waals surface area (Å²) < 4.78 is 28.5. The van der Waals surface area contributed by atoms with E-state index in [4.69, 9.17) is 23.7 Å². The molecule has 8 atom stereocenters. The van der Waals surface area contributed by atoms with Gasteiger partial charge in [-0.2, -0.15) is 0 Å². The molecule has 0 radical (unpaired) electrons. The zero-order valence-corrected chi connectivity index (χ0v) is 13.5. The normalized spacial score (nSPS) is 48.3. The average molecular weight is 304 g/mol. The van der Waals surface area contributed by atoms with Gasteiger partial charge in [-0.25, -0.2) is 0 Å². The maximum Gasteiger partial charge on any atom is 0.161 e. The lowest BCUT2D eigenvalue weighted by Gasteiger charge is -2.43. The van der Waals surface area contributed by atoms with Crippen LogP contribution in [0.5, 0.6) is 0 Å². The molecule has 6 heteroatoms. The maximum absolute atomic E-state index is 9.99. The molecule has 2 fully saturated rings. The van der Waals surface area contributed by atoms with Gasteiger partial charge in [0.15, 0.2) is 6.29 Å². The van der Waals surface area contributed by atoms with Crippen LogP contribution in [0.2, 0.25) is 0 Å². The van der Waals surface area contributed by atoms with Crippen molar-refractivity contribution >= 4 is 0 Å². The fourth-order valence-electron chi connectivity index (χ4n) is 3.20. The van der Waals surface area contributed by atoms with Gasteiger partial charge in [-0.3, -0.25) is 0 Å². The van der Waals surface area contributed by atoms with Gasteiger partial charge < -0.3 is 28.8 Å². The van der Waals surface area contributed by atoms with E-state index in [1.54, 1.807) is 14.2 Å². The summed E-state index contributed by atoms with van der Waals surface area (Å²) in [6.07, 6.45) is -0.474. The molecule has 21 heavy (non-hydrogen) atoms. The van der Waals surface area contributed by atoms with Crippen molar-refractivity contribution in [1.29, 1.82) is 0 Å². The fourth-order valence-corrected chi connectivity index (χ4v) is 3.20. The molecule has 0 amide bonds. The summed E-state index contributed by atoms with van der Waals surface area (Å²) in [7, 11) is 3.28. The van der Waals surface area contributed by atoms with Crippen LogP contribution in [0.4, 0.5) is 0 Å². The fraction of sp³-hybridized carbons (Fsp3) is 1.00. The molecule has 0 saturated carbocycles. The number of hydrogen-bond donors (Lipinski definition) is 1. The second-order valence-corrected chi connectivity index (χ2v) is 6.03. The Morgan fingerprint density at radius 3 is 2.19 bits per heavy atom. The van der Waals surface area contributed by atoms with E-state index < -0.39 is 12.4 Å². The standard InChI is InChI=1S/C15H28O6/c1-8-6-12(18-5)15(10(3)19-8)21-13-7-11(17-4)14(16)9(2)20-13/h8-16H,6-7H2,1-5H3. The van der Waals surface area contributed by atoms with Crippen molar-refractivity contribution in [3.05, 3.63) is 0 Å². The predicted octanol–water partition coefficient (Wildman–Crippen LogP) is 1.09. The molecule has 0 bridgehead atoms. The van der Waals surface area contributed by atoms with Gasteiger partial charge in [-0.1, -0.05) is 0 Å². The van der Waals surface area contributed by atoms with Crippen molar-refractivity contribution in [3.63, 3.8) is 0 Å². The Bertz CT molecular complexity index is 325. The van der Waals surface area contributed by atoms with Gasteiger partial charge in [0, 0.05) is 27.1 Å². The number of hydrogen-bond acceptors (Lipinski definition) is 6. The summed E-state index contributed by atoms with van der Waals surface area (Å²) in [5.74, 6) is 0. The van der Waals surface area contributed by atoms with Gasteiger partial charge in [0.2, 0.25) is 0 Å². The monoisotopic (exact) mass is 304 g/mol. The first-order chi connectivity index (χ1) is 9.96. The first-order valence-corrected chi connectivity index (χ1v) is 7.66. The van der Waals surface area contributed by atoms with E-state index in [1.165, 1.54) is 0 Å². The molecule has 8 unspecified atom stereocenters. The molecule has 0 aliphatic carbocycles. The van der Waals surface area contributed by atoms with Gasteiger partial charge in [-0.15, -0.1) is 0 Å². The van der Waals surface area contributed by atoms with Crippen LogP contribution in [0.15, 0.2) is 0 Å². The summed E-state index contributed by atoms with van der Waals surface area (Å²) in [5, 5.41) is 9.99. The molecule has 2 aliphatic heterocycles. The first kappa shape index (κ1) is 17.1. The molecule has 1 N–H and O–H groups in total. The van der Waals surface area contributed by atoms with Crippen molar-refractivity contribution in [3.8, 4) is 0 Å². The topological polar surface area (TPSA) is 66.4 Å². The van der Waals surface area contributed by atoms with E-state index in [1.807, 2.05) is 20.8 Å². The number of rotatable bonds is 4. The highest BCUT2D eigenvalue weighted by molar-refractivity contribution is 4.87. The van der Waals surface area contributed by atoms with Gasteiger partial charge in [0.1, 0.15) is 12.2 Å². The molecule has 2 aliphatic rings. The van der Waals surface area contributed by atoms with Crippen molar-refractivity contribution in [1.82, 2.24) is 0 Å². The summed E-state index contributed by atoms with van der Waals surface area (Å²) in [4.78, 5) is 0. The van der Waals surface area contributed by atoms with Crippen LogP contribution in [-0.2, 0) is 23.7 Å². The van der Waals surface area contributed by atoms with Crippen LogP contribution in [-0.4, -0.2) is 68.3 Å². The molecule has 2 heterocycles. The molecule has 0 aromatic carbocycles. The van der Waals surface area contributed by atoms with Crippen molar-refractivity contribution < 1.29 is 28.8 Å². The molecule has 0 spiro atoms. The molecule has 124 valence electrons. The number of methoxy groups -OCH3 is 2. The summed E-state index contributed by atoms with van der Waals surface area (Å²) in [6, 6.07) is 0. The lowest BCUT2D eigenvalue weighted by molar-refractivity contribution is -0.295. The SMILES string of the molecule is COC1CC(OC2C(C)OC(C)CC2OC)OC(C)C1O. The average Bonchev–Trinajstić information content (AvgIpc) is 2.45. The zero-order valence-electron chi connectivity index (χ0n) is 13.5. The Labute approximate surface area is 126 Å². The highest BCUT2D eigenvalue weighted by atomic mass is 16.7. The van der Waals surface area contributed by atoms with Gasteiger partial charge in [-0.05, 0) is 20.8 Å². The minimum Gasteiger partial charge on any atom is -0.388 e. The Morgan fingerprint density at radius 1 is 0.905 bits per heavy atom. The number of ether oxygens (including phenoxy) is 5. The Balaban J connectivity index is 1.99. The van der Waals surface area contributed by atoms with Gasteiger partial charge in [0.25, 0.3) is 0 Å². The number of aliphatic hydroxyl groups is 1. The predicted molar refractivity (Wildman–Crippen MR) is 76.1 cm³/mol. The lowest BCUT2D eigenvalue weighted by Crippen LogP contribution is -2.54. The molecular formula is C15H28O6. The Morgan fingerprint density at radius 2 is 1.57 bits per heavy atom. The third-order valence-electron chi connectivity index (χ3n) is 4.41. The van der Waals surface area contributed by atoms with E-state index in [9.17, 15) is 5.11 Å². The molecule has 6 nitrogen and oxygen atoms in total. The van der Waals surface area contributed by atoms with Gasteiger partial charge in [0.05, 0.1) is 30.5 Å². The van der Waals surface area contributed by atoms with Crippen LogP contribution >= 0.6 is 0 Å². The molecule has 2 saturated heterocycles. The highest BCUT2D eigenvalue weighted by Crippen LogP contribution is 2.29. The van der Waals surface area contributed by atoms with Crippen molar-refractivity contribution in [2.45, 2.75) is 82.6 Å². The highest BCUT2D eigenvalue weighted by Gasteiger charge is 2.41.